The minimum atomic E-state index is -3.71. The van der Waals surface area contributed by atoms with Crippen molar-refractivity contribution in [1.29, 1.82) is 0 Å². The highest BCUT2D eigenvalue weighted by Crippen LogP contribution is 2.22. The Morgan fingerprint density at radius 1 is 1.09 bits per heavy atom. The minimum Gasteiger partial charge on any atom is -0.489 e. The molecule has 1 aromatic heterocycles. The van der Waals surface area contributed by atoms with E-state index < -0.39 is 9.05 Å². The van der Waals surface area contributed by atoms with Crippen molar-refractivity contribution in [2.24, 2.45) is 0 Å². The second-order valence-electron chi connectivity index (χ2n) is 5.14. The molecule has 2 aromatic carbocycles. The van der Waals surface area contributed by atoms with Crippen molar-refractivity contribution in [1.82, 2.24) is 4.98 Å². The van der Waals surface area contributed by atoms with Crippen molar-refractivity contribution in [2.75, 3.05) is 0 Å². The topological polar surface area (TPSA) is 56.3 Å². The molecule has 3 aromatic rings. The number of pyridine rings is 1. The molecule has 0 bridgehead atoms. The van der Waals surface area contributed by atoms with Crippen LogP contribution in [0.1, 0.15) is 11.3 Å². The van der Waals surface area contributed by atoms with Crippen molar-refractivity contribution in [3.63, 3.8) is 0 Å². The molecule has 0 N–H and O–H groups in total. The van der Waals surface area contributed by atoms with Crippen LogP contribution in [0.4, 0.5) is 0 Å². The Morgan fingerprint density at radius 2 is 1.78 bits per heavy atom. The summed E-state index contributed by atoms with van der Waals surface area (Å²) in [5.41, 5.74) is 2.88. The van der Waals surface area contributed by atoms with Crippen LogP contribution in [0.3, 0.4) is 0 Å². The van der Waals surface area contributed by atoms with Crippen LogP contribution in [0.2, 0.25) is 0 Å². The first-order chi connectivity index (χ1) is 10.9. The molecule has 0 radical (unpaired) electrons. The van der Waals surface area contributed by atoms with Crippen LogP contribution in [-0.4, -0.2) is 13.4 Å². The number of hydrogen-bond acceptors (Lipinski definition) is 4. The number of benzene rings is 2. The van der Waals surface area contributed by atoms with E-state index in [1.807, 2.05) is 37.3 Å². The first-order valence-corrected chi connectivity index (χ1v) is 9.27. The predicted molar refractivity (Wildman–Crippen MR) is 90.3 cm³/mol. The SMILES string of the molecule is Cc1cc(COc2ccc(S(=O)(=O)Cl)cc2)c2ccccc2n1. The highest BCUT2D eigenvalue weighted by molar-refractivity contribution is 8.13. The van der Waals surface area contributed by atoms with Gasteiger partial charge in [0.1, 0.15) is 12.4 Å². The normalized spacial score (nSPS) is 11.6. The van der Waals surface area contributed by atoms with Gasteiger partial charge in [0.05, 0.1) is 10.4 Å². The van der Waals surface area contributed by atoms with Crippen molar-refractivity contribution >= 4 is 30.6 Å². The second kappa shape index (κ2) is 6.18. The molecule has 0 saturated heterocycles. The van der Waals surface area contributed by atoms with E-state index in [0.29, 0.717) is 12.4 Å². The summed E-state index contributed by atoms with van der Waals surface area (Å²) < 4.78 is 28.2. The average molecular weight is 348 g/mol. The Balaban J connectivity index is 1.84. The molecule has 0 amide bonds. The van der Waals surface area contributed by atoms with Crippen molar-refractivity contribution in [3.8, 4) is 5.75 Å². The third-order valence-electron chi connectivity index (χ3n) is 3.43. The molecule has 118 valence electrons. The Hall–Kier alpha value is -2.11. The lowest BCUT2D eigenvalue weighted by molar-refractivity contribution is 0.307. The van der Waals surface area contributed by atoms with Crippen molar-refractivity contribution < 1.29 is 13.2 Å². The minimum absolute atomic E-state index is 0.0525. The molecule has 0 fully saturated rings. The van der Waals surface area contributed by atoms with E-state index in [-0.39, 0.29) is 4.90 Å². The smallest absolute Gasteiger partial charge is 0.261 e. The number of aryl methyl sites for hydroxylation is 1. The molecular formula is C17H14ClNO3S. The lowest BCUT2D eigenvalue weighted by Gasteiger charge is -2.10. The summed E-state index contributed by atoms with van der Waals surface area (Å²) in [6.45, 7) is 2.31. The molecule has 0 atom stereocenters. The van der Waals surface area contributed by atoms with Crippen LogP contribution in [-0.2, 0) is 15.7 Å². The number of fused-ring (bicyclic) bond motifs is 1. The summed E-state index contributed by atoms with van der Waals surface area (Å²) in [6.07, 6.45) is 0. The van der Waals surface area contributed by atoms with Gasteiger partial charge in [0, 0.05) is 27.3 Å². The fourth-order valence-corrected chi connectivity index (χ4v) is 3.14. The number of nitrogens with zero attached hydrogens (tertiary/aromatic N) is 1. The van der Waals surface area contributed by atoms with E-state index >= 15 is 0 Å². The predicted octanol–water partition coefficient (Wildman–Crippen LogP) is 4.05. The summed E-state index contributed by atoms with van der Waals surface area (Å²) in [4.78, 5) is 4.55. The van der Waals surface area contributed by atoms with E-state index in [9.17, 15) is 8.42 Å². The number of halogens is 1. The van der Waals surface area contributed by atoms with Gasteiger partial charge in [-0.1, -0.05) is 18.2 Å². The van der Waals surface area contributed by atoms with Gasteiger partial charge in [-0.05, 0) is 43.3 Å². The summed E-state index contributed by atoms with van der Waals surface area (Å²) in [6, 6.07) is 15.9. The quantitative estimate of drug-likeness (QED) is 0.668. The third kappa shape index (κ3) is 3.63. The van der Waals surface area contributed by atoms with Gasteiger partial charge in [-0.15, -0.1) is 0 Å². The third-order valence-corrected chi connectivity index (χ3v) is 4.80. The lowest BCUT2D eigenvalue weighted by Crippen LogP contribution is -1.99. The molecule has 6 heteroatoms. The van der Waals surface area contributed by atoms with Crippen LogP contribution in [0.25, 0.3) is 10.9 Å². The lowest BCUT2D eigenvalue weighted by atomic mass is 10.1. The maximum atomic E-state index is 11.2. The van der Waals surface area contributed by atoms with E-state index in [2.05, 4.69) is 4.98 Å². The van der Waals surface area contributed by atoms with E-state index in [1.165, 1.54) is 12.1 Å². The zero-order chi connectivity index (χ0) is 16.4. The van der Waals surface area contributed by atoms with E-state index in [4.69, 9.17) is 15.4 Å². The van der Waals surface area contributed by atoms with Crippen molar-refractivity contribution in [3.05, 3.63) is 65.9 Å². The Labute approximate surface area is 139 Å². The second-order valence-corrected chi connectivity index (χ2v) is 7.70. The molecule has 0 saturated carbocycles. The number of aromatic nitrogens is 1. The van der Waals surface area contributed by atoms with E-state index in [0.717, 1.165) is 22.2 Å². The molecule has 0 unspecified atom stereocenters. The molecule has 3 rings (SSSR count). The Morgan fingerprint density at radius 3 is 2.48 bits per heavy atom. The van der Waals surface area contributed by atoms with Gasteiger partial charge in [0.2, 0.25) is 0 Å². The fourth-order valence-electron chi connectivity index (χ4n) is 2.37. The van der Waals surface area contributed by atoms with Gasteiger partial charge in [-0.2, -0.15) is 0 Å². The standard InChI is InChI=1S/C17H14ClNO3S/c1-12-10-13(16-4-2-3-5-17(16)19-12)11-22-14-6-8-15(9-7-14)23(18,20)21/h2-10H,11H2,1H3. The van der Waals surface area contributed by atoms with Crippen molar-refractivity contribution in [2.45, 2.75) is 18.4 Å². The molecule has 0 aliphatic rings. The van der Waals surface area contributed by atoms with Crippen LogP contribution in [0.15, 0.2) is 59.5 Å². The number of para-hydroxylation sites is 1. The summed E-state index contributed by atoms with van der Waals surface area (Å²) in [7, 11) is 1.58. The molecule has 1 heterocycles. The zero-order valence-electron chi connectivity index (χ0n) is 12.4. The summed E-state index contributed by atoms with van der Waals surface area (Å²) >= 11 is 0. The zero-order valence-corrected chi connectivity index (χ0v) is 13.9. The first kappa shape index (κ1) is 15.8. The fraction of sp³-hybridized carbons (Fsp3) is 0.118. The highest BCUT2D eigenvalue weighted by atomic mass is 35.7. The van der Waals surface area contributed by atoms with Gasteiger partial charge >= 0.3 is 0 Å². The number of hydrogen-bond donors (Lipinski definition) is 0. The van der Waals surface area contributed by atoms with Gasteiger partial charge in [0.15, 0.2) is 0 Å². The van der Waals surface area contributed by atoms with Gasteiger partial charge in [-0.25, -0.2) is 8.42 Å². The van der Waals surface area contributed by atoms with Crippen LogP contribution < -0.4 is 4.74 Å². The largest absolute Gasteiger partial charge is 0.489 e. The first-order valence-electron chi connectivity index (χ1n) is 6.96. The maximum Gasteiger partial charge on any atom is 0.261 e. The van der Waals surface area contributed by atoms with Gasteiger partial charge in [0.25, 0.3) is 9.05 Å². The molecule has 4 nitrogen and oxygen atoms in total. The molecule has 0 spiro atoms. The average Bonchev–Trinajstić information content (AvgIpc) is 2.52. The highest BCUT2D eigenvalue weighted by Gasteiger charge is 2.10. The van der Waals surface area contributed by atoms with Gasteiger partial charge < -0.3 is 4.74 Å². The van der Waals surface area contributed by atoms with Crippen LogP contribution in [0, 0.1) is 6.92 Å². The monoisotopic (exact) mass is 347 g/mol. The Kier molecular flexibility index (Phi) is 4.24. The molecule has 0 aliphatic carbocycles. The van der Waals surface area contributed by atoms with E-state index in [1.54, 1.807) is 12.1 Å². The summed E-state index contributed by atoms with van der Waals surface area (Å²) in [5.74, 6) is 0.576. The molecule has 23 heavy (non-hydrogen) atoms. The van der Waals surface area contributed by atoms with Crippen LogP contribution >= 0.6 is 10.7 Å². The van der Waals surface area contributed by atoms with Gasteiger partial charge in [-0.3, -0.25) is 4.98 Å². The number of ether oxygens (including phenoxy) is 1. The summed E-state index contributed by atoms with van der Waals surface area (Å²) in [5, 5.41) is 1.04. The van der Waals surface area contributed by atoms with Crippen LogP contribution in [0.5, 0.6) is 5.75 Å². The Bertz CT molecular complexity index is 953. The number of rotatable bonds is 4. The molecule has 0 aliphatic heterocycles. The maximum absolute atomic E-state index is 11.2. The molecular weight excluding hydrogens is 334 g/mol.